The Bertz CT molecular complexity index is 570. The van der Waals surface area contributed by atoms with E-state index in [9.17, 15) is 0 Å². The van der Waals surface area contributed by atoms with E-state index in [2.05, 4.69) is 39.1 Å². The van der Waals surface area contributed by atoms with E-state index in [4.69, 9.17) is 0 Å². The summed E-state index contributed by atoms with van der Waals surface area (Å²) in [6.07, 6.45) is 7.70. The van der Waals surface area contributed by atoms with Gasteiger partial charge in [0.15, 0.2) is 0 Å². The highest BCUT2D eigenvalue weighted by molar-refractivity contribution is 5.39. The second kappa shape index (κ2) is 5.47. The predicted octanol–water partition coefficient (Wildman–Crippen LogP) is 3.18. The van der Waals surface area contributed by atoms with Gasteiger partial charge in [-0.1, -0.05) is 12.1 Å². The standard InChI is InChI=1S/C18H21N3/c1-3-9-19-16(5-1)11-17-14-7-8-15(17)13-21(12-14)18-6-2-4-10-20-18/h1-6,9-10,14-15,17H,7-8,11-13H2/t14-,15+,17-. The van der Waals surface area contributed by atoms with Crippen LogP contribution in [0.4, 0.5) is 5.82 Å². The molecule has 0 unspecified atom stereocenters. The second-order valence-electron chi connectivity index (χ2n) is 6.38. The number of fused-ring (bicyclic) bond motifs is 2. The van der Waals surface area contributed by atoms with Gasteiger partial charge in [-0.15, -0.1) is 0 Å². The number of rotatable bonds is 3. The lowest BCUT2D eigenvalue weighted by atomic mass is 9.81. The van der Waals surface area contributed by atoms with Crippen LogP contribution in [0.15, 0.2) is 48.8 Å². The first kappa shape index (κ1) is 12.8. The molecule has 0 aromatic carbocycles. The number of hydrogen-bond acceptors (Lipinski definition) is 3. The first-order valence-electron chi connectivity index (χ1n) is 7.96. The van der Waals surface area contributed by atoms with Gasteiger partial charge in [-0.25, -0.2) is 4.98 Å². The molecule has 4 rings (SSSR count). The third-order valence-corrected chi connectivity index (χ3v) is 5.17. The normalized spacial score (nSPS) is 27.8. The molecule has 0 N–H and O–H groups in total. The molecule has 1 aliphatic carbocycles. The molecule has 2 aromatic rings. The largest absolute Gasteiger partial charge is 0.356 e. The molecule has 1 saturated heterocycles. The molecule has 0 spiro atoms. The van der Waals surface area contributed by atoms with Gasteiger partial charge < -0.3 is 4.90 Å². The van der Waals surface area contributed by atoms with Gasteiger partial charge >= 0.3 is 0 Å². The summed E-state index contributed by atoms with van der Waals surface area (Å²) in [6, 6.07) is 12.5. The lowest BCUT2D eigenvalue weighted by Crippen LogP contribution is -2.43. The Kier molecular flexibility index (Phi) is 3.34. The molecular weight excluding hydrogens is 258 g/mol. The summed E-state index contributed by atoms with van der Waals surface area (Å²) in [7, 11) is 0. The zero-order chi connectivity index (χ0) is 14.1. The van der Waals surface area contributed by atoms with Crippen molar-refractivity contribution in [3.05, 3.63) is 54.5 Å². The molecule has 0 radical (unpaired) electrons. The molecule has 108 valence electrons. The van der Waals surface area contributed by atoms with E-state index >= 15 is 0 Å². The molecule has 3 nitrogen and oxygen atoms in total. The number of aromatic nitrogens is 2. The van der Waals surface area contributed by atoms with Gasteiger partial charge in [-0.05, 0) is 61.3 Å². The minimum absolute atomic E-state index is 0.799. The molecule has 3 atom stereocenters. The molecule has 1 saturated carbocycles. The highest BCUT2D eigenvalue weighted by Crippen LogP contribution is 2.44. The van der Waals surface area contributed by atoms with Crippen LogP contribution in [0, 0.1) is 17.8 Å². The number of hydrogen-bond donors (Lipinski definition) is 0. The number of anilines is 1. The van der Waals surface area contributed by atoms with Crippen molar-refractivity contribution in [2.75, 3.05) is 18.0 Å². The van der Waals surface area contributed by atoms with Crippen molar-refractivity contribution in [1.82, 2.24) is 9.97 Å². The molecule has 2 aromatic heterocycles. The van der Waals surface area contributed by atoms with E-state index in [0.717, 1.165) is 43.1 Å². The Balaban J connectivity index is 1.49. The molecule has 21 heavy (non-hydrogen) atoms. The first-order valence-corrected chi connectivity index (χ1v) is 7.96. The van der Waals surface area contributed by atoms with Crippen molar-refractivity contribution in [1.29, 1.82) is 0 Å². The van der Waals surface area contributed by atoms with Crippen molar-refractivity contribution < 1.29 is 0 Å². The minimum atomic E-state index is 0.799. The number of nitrogens with zero attached hydrogens (tertiary/aromatic N) is 3. The van der Waals surface area contributed by atoms with Gasteiger partial charge in [-0.3, -0.25) is 4.98 Å². The SMILES string of the molecule is c1ccc(C[C@@H]2[C@@H]3CC[C@H]2CN(c2ccccn2)C3)nc1. The van der Waals surface area contributed by atoms with Crippen molar-refractivity contribution in [2.24, 2.45) is 17.8 Å². The molecular formula is C18H21N3. The smallest absolute Gasteiger partial charge is 0.128 e. The summed E-state index contributed by atoms with van der Waals surface area (Å²) in [5.74, 6) is 3.55. The highest BCUT2D eigenvalue weighted by Gasteiger charge is 2.42. The third kappa shape index (κ3) is 2.53. The summed E-state index contributed by atoms with van der Waals surface area (Å²) >= 11 is 0. The van der Waals surface area contributed by atoms with Gasteiger partial charge in [-0.2, -0.15) is 0 Å². The summed E-state index contributed by atoms with van der Waals surface area (Å²) in [6.45, 7) is 2.32. The Morgan fingerprint density at radius 2 is 1.62 bits per heavy atom. The van der Waals surface area contributed by atoms with Crippen LogP contribution in [0.1, 0.15) is 18.5 Å². The van der Waals surface area contributed by atoms with Crippen LogP contribution >= 0.6 is 0 Å². The molecule has 0 amide bonds. The Morgan fingerprint density at radius 1 is 0.905 bits per heavy atom. The summed E-state index contributed by atoms with van der Waals surface area (Å²) in [4.78, 5) is 11.5. The monoisotopic (exact) mass is 279 g/mol. The van der Waals surface area contributed by atoms with Crippen molar-refractivity contribution in [3.8, 4) is 0 Å². The van der Waals surface area contributed by atoms with Crippen LogP contribution in [0.25, 0.3) is 0 Å². The third-order valence-electron chi connectivity index (χ3n) is 5.17. The van der Waals surface area contributed by atoms with Crippen LogP contribution in [-0.2, 0) is 6.42 Å². The van der Waals surface area contributed by atoms with E-state index in [0.29, 0.717) is 0 Å². The number of pyridine rings is 2. The Hall–Kier alpha value is -1.90. The van der Waals surface area contributed by atoms with Gasteiger partial charge in [0.25, 0.3) is 0 Å². The fourth-order valence-electron chi connectivity index (χ4n) is 4.16. The lowest BCUT2D eigenvalue weighted by Gasteiger charge is -2.38. The van der Waals surface area contributed by atoms with Crippen molar-refractivity contribution >= 4 is 5.82 Å². The first-order chi connectivity index (χ1) is 10.4. The minimum Gasteiger partial charge on any atom is -0.356 e. The van der Waals surface area contributed by atoms with E-state index in [1.807, 2.05) is 24.5 Å². The van der Waals surface area contributed by atoms with E-state index in [-0.39, 0.29) is 0 Å². The molecule has 1 aliphatic heterocycles. The zero-order valence-electron chi connectivity index (χ0n) is 12.2. The molecule has 2 bridgehead atoms. The average Bonchev–Trinajstić information content (AvgIpc) is 2.78. The zero-order valence-corrected chi connectivity index (χ0v) is 12.2. The predicted molar refractivity (Wildman–Crippen MR) is 84.1 cm³/mol. The quantitative estimate of drug-likeness (QED) is 0.864. The Morgan fingerprint density at radius 3 is 2.24 bits per heavy atom. The summed E-state index contributed by atoms with van der Waals surface area (Å²) < 4.78 is 0. The van der Waals surface area contributed by atoms with Crippen LogP contribution in [-0.4, -0.2) is 23.1 Å². The van der Waals surface area contributed by atoms with Gasteiger partial charge in [0.05, 0.1) is 0 Å². The molecule has 3 heterocycles. The molecule has 3 heteroatoms. The van der Waals surface area contributed by atoms with Crippen molar-refractivity contribution in [2.45, 2.75) is 19.3 Å². The maximum absolute atomic E-state index is 4.52. The average molecular weight is 279 g/mol. The fraction of sp³-hybridized carbons (Fsp3) is 0.444. The Labute approximate surface area is 126 Å². The molecule has 2 fully saturated rings. The lowest BCUT2D eigenvalue weighted by molar-refractivity contribution is 0.267. The summed E-state index contributed by atoms with van der Waals surface area (Å²) in [5.41, 5.74) is 1.26. The van der Waals surface area contributed by atoms with Gasteiger partial charge in [0.2, 0.25) is 0 Å². The second-order valence-corrected chi connectivity index (χ2v) is 6.38. The van der Waals surface area contributed by atoms with Crippen LogP contribution in [0.5, 0.6) is 0 Å². The maximum atomic E-state index is 4.52. The van der Waals surface area contributed by atoms with Crippen LogP contribution in [0.2, 0.25) is 0 Å². The van der Waals surface area contributed by atoms with E-state index in [1.54, 1.807) is 0 Å². The van der Waals surface area contributed by atoms with Crippen molar-refractivity contribution in [3.63, 3.8) is 0 Å². The fourth-order valence-corrected chi connectivity index (χ4v) is 4.16. The summed E-state index contributed by atoms with van der Waals surface area (Å²) in [5, 5.41) is 0. The highest BCUT2D eigenvalue weighted by atomic mass is 15.2. The van der Waals surface area contributed by atoms with E-state index < -0.39 is 0 Å². The number of piperidine rings is 1. The molecule has 2 aliphatic rings. The maximum Gasteiger partial charge on any atom is 0.128 e. The topological polar surface area (TPSA) is 29.0 Å². The van der Waals surface area contributed by atoms with E-state index in [1.165, 1.54) is 18.5 Å². The van der Waals surface area contributed by atoms with Gasteiger partial charge in [0, 0.05) is 31.2 Å². The van der Waals surface area contributed by atoms with Gasteiger partial charge in [0.1, 0.15) is 5.82 Å². The van der Waals surface area contributed by atoms with Crippen LogP contribution < -0.4 is 4.90 Å². The van der Waals surface area contributed by atoms with Crippen LogP contribution in [0.3, 0.4) is 0 Å².